The molecule has 1 N–H and O–H groups in total. The van der Waals surface area contributed by atoms with Crippen molar-refractivity contribution < 1.29 is 14.3 Å². The van der Waals surface area contributed by atoms with Gasteiger partial charge in [-0.15, -0.1) is 11.3 Å². The van der Waals surface area contributed by atoms with Gasteiger partial charge >= 0.3 is 0 Å². The number of aromatic nitrogens is 2. The van der Waals surface area contributed by atoms with Gasteiger partial charge in [-0.2, -0.15) is 0 Å². The van der Waals surface area contributed by atoms with Gasteiger partial charge < -0.3 is 9.47 Å². The van der Waals surface area contributed by atoms with Crippen molar-refractivity contribution in [3.8, 4) is 11.5 Å². The molecule has 2 aromatic heterocycles. The number of nitrogens with one attached hydrogen (secondary N) is 1. The normalized spacial score (nSPS) is 10.9. The number of amides is 1. The second-order valence-corrected chi connectivity index (χ2v) is 7.25. The molecule has 3 rings (SSSR count). The summed E-state index contributed by atoms with van der Waals surface area (Å²) in [5, 5.41) is 2.50. The van der Waals surface area contributed by atoms with E-state index in [1.165, 1.54) is 17.4 Å². The number of fused-ring (bicyclic) bond motifs is 1. The smallest absolute Gasteiger partial charge is 0.281 e. The molecule has 0 aliphatic heterocycles. The van der Waals surface area contributed by atoms with E-state index >= 15 is 0 Å². The van der Waals surface area contributed by atoms with Crippen LogP contribution in [0, 0.1) is 6.92 Å². The summed E-state index contributed by atoms with van der Waals surface area (Å²) in [6, 6.07) is 4.72. The highest BCUT2D eigenvalue weighted by molar-refractivity contribution is 7.16. The number of hydrogen-bond acceptors (Lipinski definition) is 6. The van der Waals surface area contributed by atoms with Gasteiger partial charge in [0.05, 0.1) is 23.6 Å². The van der Waals surface area contributed by atoms with Crippen LogP contribution in [0.15, 0.2) is 28.4 Å². The van der Waals surface area contributed by atoms with E-state index in [1.807, 2.05) is 13.8 Å². The largest absolute Gasteiger partial charge is 0.490 e. The molecular weight excluding hydrogens is 402 g/mol. The number of thiophene rings is 1. The van der Waals surface area contributed by atoms with Crippen LogP contribution in [-0.4, -0.2) is 28.8 Å². The first kappa shape index (κ1) is 20.2. The third-order valence-electron chi connectivity index (χ3n) is 3.90. The number of aryl methyl sites for hydroxylation is 1. The number of hydrogen-bond donors (Lipinski definition) is 1. The van der Waals surface area contributed by atoms with Gasteiger partial charge in [0.2, 0.25) is 0 Å². The van der Waals surface area contributed by atoms with Gasteiger partial charge in [-0.05, 0) is 43.8 Å². The molecule has 0 unspecified atom stereocenters. The summed E-state index contributed by atoms with van der Waals surface area (Å²) in [4.78, 5) is 30.4. The third kappa shape index (κ3) is 3.98. The van der Waals surface area contributed by atoms with Crippen LogP contribution < -0.4 is 20.5 Å². The molecule has 148 valence electrons. The highest BCUT2D eigenvalue weighted by Gasteiger charge is 2.18. The predicted molar refractivity (Wildman–Crippen MR) is 111 cm³/mol. The number of benzene rings is 1. The van der Waals surface area contributed by atoms with E-state index in [-0.39, 0.29) is 16.1 Å². The molecule has 1 amide bonds. The molecule has 0 saturated carbocycles. The molecule has 0 fully saturated rings. The van der Waals surface area contributed by atoms with Crippen molar-refractivity contribution in [3.05, 3.63) is 50.3 Å². The average Bonchev–Trinajstić information content (AvgIpc) is 3.13. The Labute approximate surface area is 170 Å². The summed E-state index contributed by atoms with van der Waals surface area (Å²) in [5.74, 6) is 0.652. The summed E-state index contributed by atoms with van der Waals surface area (Å²) < 4.78 is 12.4. The summed E-state index contributed by atoms with van der Waals surface area (Å²) >= 11 is 7.69. The zero-order valence-corrected chi connectivity index (χ0v) is 17.3. The minimum atomic E-state index is -0.508. The molecule has 9 heteroatoms. The fourth-order valence-corrected chi connectivity index (χ4v) is 3.68. The van der Waals surface area contributed by atoms with Crippen LogP contribution in [0.1, 0.15) is 36.5 Å². The number of nitrogens with zero attached hydrogens (tertiary/aromatic N) is 2. The molecule has 1 aromatic carbocycles. The third-order valence-corrected chi connectivity index (χ3v) is 4.99. The van der Waals surface area contributed by atoms with Gasteiger partial charge in [0.15, 0.2) is 11.5 Å². The molecule has 2 heterocycles. The van der Waals surface area contributed by atoms with Gasteiger partial charge in [0.1, 0.15) is 10.7 Å². The highest BCUT2D eigenvalue weighted by atomic mass is 35.5. The Hall–Kier alpha value is -2.58. The molecule has 7 nitrogen and oxygen atoms in total. The van der Waals surface area contributed by atoms with Gasteiger partial charge in [-0.3, -0.25) is 15.0 Å². The van der Waals surface area contributed by atoms with Crippen LogP contribution in [0.3, 0.4) is 0 Å². The monoisotopic (exact) mass is 421 g/mol. The van der Waals surface area contributed by atoms with Gasteiger partial charge in [-0.25, -0.2) is 9.66 Å². The van der Waals surface area contributed by atoms with Crippen LogP contribution in [0.4, 0.5) is 0 Å². The zero-order chi connectivity index (χ0) is 20.3. The Morgan fingerprint density at radius 2 is 2.11 bits per heavy atom. The standard InChI is InChI=1S/C19H20ClN3O4S/c1-4-7-27-16-14(20)9-12(10-15(16)26-5-2)17(24)22-23-11(3)21-18-13(19(23)25)6-8-28-18/h6,8-10H,4-5,7H2,1-3H3,(H,22,24). The van der Waals surface area contributed by atoms with Crippen molar-refractivity contribution >= 4 is 39.1 Å². The number of halogens is 1. The molecule has 28 heavy (non-hydrogen) atoms. The summed E-state index contributed by atoms with van der Waals surface area (Å²) in [6.45, 7) is 6.33. The number of carbonyl (C=O) groups excluding carboxylic acids is 1. The Morgan fingerprint density at radius 3 is 2.82 bits per heavy atom. The predicted octanol–water partition coefficient (Wildman–Crippen LogP) is 3.99. The first-order valence-corrected chi connectivity index (χ1v) is 10.1. The lowest BCUT2D eigenvalue weighted by atomic mass is 10.2. The van der Waals surface area contributed by atoms with E-state index in [4.69, 9.17) is 21.1 Å². The van der Waals surface area contributed by atoms with Gasteiger partial charge in [0, 0.05) is 5.56 Å². The maximum absolute atomic E-state index is 12.8. The highest BCUT2D eigenvalue weighted by Crippen LogP contribution is 2.36. The van der Waals surface area contributed by atoms with Crippen molar-refractivity contribution in [2.24, 2.45) is 0 Å². The van der Waals surface area contributed by atoms with Crippen molar-refractivity contribution in [2.45, 2.75) is 27.2 Å². The summed E-state index contributed by atoms with van der Waals surface area (Å²) in [7, 11) is 0. The van der Waals surface area contributed by atoms with E-state index in [2.05, 4.69) is 10.4 Å². The minimum Gasteiger partial charge on any atom is -0.490 e. The fraction of sp³-hybridized carbons (Fsp3) is 0.316. The molecule has 0 bridgehead atoms. The second-order valence-electron chi connectivity index (χ2n) is 5.95. The quantitative estimate of drug-likeness (QED) is 0.623. The SMILES string of the molecule is CCCOc1c(Cl)cc(C(=O)Nn2c(C)nc3sccc3c2=O)cc1OCC. The lowest BCUT2D eigenvalue weighted by Gasteiger charge is -2.15. The lowest BCUT2D eigenvalue weighted by molar-refractivity contribution is 0.101. The zero-order valence-electron chi connectivity index (χ0n) is 15.7. The second kappa shape index (κ2) is 8.62. The molecule has 0 radical (unpaired) electrons. The first-order valence-electron chi connectivity index (χ1n) is 8.83. The number of ether oxygens (including phenoxy) is 2. The van der Waals surface area contributed by atoms with Crippen molar-refractivity contribution in [2.75, 3.05) is 18.6 Å². The van der Waals surface area contributed by atoms with Crippen molar-refractivity contribution in [1.82, 2.24) is 9.66 Å². The summed E-state index contributed by atoms with van der Waals surface area (Å²) in [6.07, 6.45) is 0.810. The van der Waals surface area contributed by atoms with Crippen LogP contribution in [-0.2, 0) is 0 Å². The molecule has 0 spiro atoms. The Morgan fingerprint density at radius 1 is 1.32 bits per heavy atom. The van der Waals surface area contributed by atoms with Crippen LogP contribution in [0.5, 0.6) is 11.5 Å². The maximum Gasteiger partial charge on any atom is 0.281 e. The van der Waals surface area contributed by atoms with E-state index in [9.17, 15) is 9.59 Å². The van der Waals surface area contributed by atoms with E-state index in [0.29, 0.717) is 40.8 Å². The van der Waals surface area contributed by atoms with Crippen LogP contribution in [0.2, 0.25) is 5.02 Å². The Bertz CT molecular complexity index is 1080. The summed E-state index contributed by atoms with van der Waals surface area (Å²) in [5.41, 5.74) is 2.50. The van der Waals surface area contributed by atoms with Crippen molar-refractivity contribution in [1.29, 1.82) is 0 Å². The molecule has 0 aliphatic carbocycles. The van der Waals surface area contributed by atoms with Crippen molar-refractivity contribution in [3.63, 3.8) is 0 Å². The Balaban J connectivity index is 1.95. The maximum atomic E-state index is 12.8. The van der Waals surface area contributed by atoms with E-state index in [1.54, 1.807) is 24.4 Å². The van der Waals surface area contributed by atoms with Gasteiger partial charge in [-0.1, -0.05) is 18.5 Å². The van der Waals surface area contributed by atoms with Crippen LogP contribution >= 0.6 is 22.9 Å². The van der Waals surface area contributed by atoms with E-state index < -0.39 is 5.91 Å². The van der Waals surface area contributed by atoms with E-state index in [0.717, 1.165) is 11.1 Å². The lowest BCUT2D eigenvalue weighted by Crippen LogP contribution is -2.35. The van der Waals surface area contributed by atoms with Gasteiger partial charge in [0.25, 0.3) is 11.5 Å². The topological polar surface area (TPSA) is 82.5 Å². The molecule has 3 aromatic rings. The minimum absolute atomic E-state index is 0.244. The Kier molecular flexibility index (Phi) is 6.21. The number of rotatable bonds is 7. The van der Waals surface area contributed by atoms with Crippen LogP contribution in [0.25, 0.3) is 10.2 Å². The average molecular weight is 422 g/mol. The molecule has 0 atom stereocenters. The fourth-order valence-electron chi connectivity index (χ4n) is 2.62. The number of carbonyl (C=O) groups is 1. The first-order chi connectivity index (χ1) is 13.5. The molecule has 0 aliphatic rings. The molecular formula is C19H20ClN3O4S. The molecule has 0 saturated heterocycles.